The molecule has 0 bridgehead atoms. The zero-order chi connectivity index (χ0) is 20.1. The first-order chi connectivity index (χ1) is 14.2. The minimum Gasteiger partial charge on any atom is -0.454 e. The third kappa shape index (κ3) is 4.78. The molecular formula is C21H19FN4O3. The first kappa shape index (κ1) is 18.7. The second-order valence-corrected chi connectivity index (χ2v) is 6.46. The first-order valence-electron chi connectivity index (χ1n) is 9.14. The highest BCUT2D eigenvalue weighted by Gasteiger charge is 2.14. The number of ether oxygens (including phenoxy) is 2. The van der Waals surface area contributed by atoms with E-state index in [0.29, 0.717) is 30.4 Å². The van der Waals surface area contributed by atoms with Crippen LogP contribution in [0.1, 0.15) is 21.6 Å². The van der Waals surface area contributed by atoms with Gasteiger partial charge in [0, 0.05) is 13.1 Å². The van der Waals surface area contributed by atoms with Crippen LogP contribution in [0.4, 0.5) is 10.2 Å². The largest absolute Gasteiger partial charge is 0.454 e. The van der Waals surface area contributed by atoms with Crippen molar-refractivity contribution < 1.29 is 18.7 Å². The van der Waals surface area contributed by atoms with Crippen molar-refractivity contribution in [1.82, 2.24) is 15.3 Å². The van der Waals surface area contributed by atoms with Crippen molar-refractivity contribution >= 4 is 11.7 Å². The summed E-state index contributed by atoms with van der Waals surface area (Å²) in [5.41, 5.74) is 2.15. The molecule has 2 aromatic carbocycles. The minimum absolute atomic E-state index is 0.213. The average Bonchev–Trinajstić information content (AvgIpc) is 3.22. The summed E-state index contributed by atoms with van der Waals surface area (Å²) in [6.07, 6.45) is 3.66. The number of carbonyl (C=O) groups is 1. The van der Waals surface area contributed by atoms with E-state index in [-0.39, 0.29) is 24.2 Å². The number of hydrogen-bond donors (Lipinski definition) is 2. The van der Waals surface area contributed by atoms with Gasteiger partial charge in [0.05, 0.1) is 12.4 Å². The van der Waals surface area contributed by atoms with Gasteiger partial charge in [0.1, 0.15) is 17.3 Å². The smallest absolute Gasteiger partial charge is 0.271 e. The average molecular weight is 394 g/mol. The Bertz CT molecular complexity index is 994. The van der Waals surface area contributed by atoms with Gasteiger partial charge in [-0.1, -0.05) is 18.2 Å². The number of amides is 1. The fourth-order valence-electron chi connectivity index (χ4n) is 2.85. The molecule has 0 saturated carbocycles. The molecule has 0 atom stereocenters. The summed E-state index contributed by atoms with van der Waals surface area (Å²) in [6, 6.07) is 11.9. The lowest BCUT2D eigenvalue weighted by atomic mass is 10.1. The van der Waals surface area contributed by atoms with Gasteiger partial charge in [-0.05, 0) is 41.8 Å². The summed E-state index contributed by atoms with van der Waals surface area (Å²) in [5.74, 6) is 1.38. The van der Waals surface area contributed by atoms with Crippen LogP contribution in [-0.4, -0.2) is 29.2 Å². The molecule has 0 fully saturated rings. The molecule has 29 heavy (non-hydrogen) atoms. The Kier molecular flexibility index (Phi) is 5.51. The molecule has 0 radical (unpaired) electrons. The summed E-state index contributed by atoms with van der Waals surface area (Å²) in [4.78, 5) is 20.6. The molecule has 8 heteroatoms. The third-order valence-electron chi connectivity index (χ3n) is 4.41. The van der Waals surface area contributed by atoms with Crippen LogP contribution in [0.3, 0.4) is 0 Å². The number of carbonyl (C=O) groups excluding carboxylic acids is 1. The molecule has 0 saturated heterocycles. The quantitative estimate of drug-likeness (QED) is 0.641. The van der Waals surface area contributed by atoms with Crippen LogP contribution in [0.15, 0.2) is 54.9 Å². The monoisotopic (exact) mass is 394 g/mol. The number of aromatic nitrogens is 2. The summed E-state index contributed by atoms with van der Waals surface area (Å²) in [5, 5.41) is 5.94. The number of benzene rings is 2. The molecule has 2 heterocycles. The summed E-state index contributed by atoms with van der Waals surface area (Å²) >= 11 is 0. The van der Waals surface area contributed by atoms with E-state index in [2.05, 4.69) is 20.6 Å². The zero-order valence-electron chi connectivity index (χ0n) is 15.5. The van der Waals surface area contributed by atoms with E-state index >= 15 is 0 Å². The summed E-state index contributed by atoms with van der Waals surface area (Å²) in [6.45, 7) is 1.18. The van der Waals surface area contributed by atoms with E-state index in [9.17, 15) is 9.18 Å². The minimum atomic E-state index is -0.312. The molecule has 3 aromatic rings. The molecule has 4 rings (SSSR count). The third-order valence-corrected chi connectivity index (χ3v) is 4.41. The molecule has 0 aliphatic carbocycles. The van der Waals surface area contributed by atoms with Crippen molar-refractivity contribution in [2.24, 2.45) is 0 Å². The van der Waals surface area contributed by atoms with Gasteiger partial charge in [-0.15, -0.1) is 0 Å². The Morgan fingerprint density at radius 2 is 1.79 bits per heavy atom. The van der Waals surface area contributed by atoms with E-state index in [1.54, 1.807) is 12.1 Å². The zero-order valence-corrected chi connectivity index (χ0v) is 15.5. The molecule has 2 N–H and O–H groups in total. The van der Waals surface area contributed by atoms with Gasteiger partial charge >= 0.3 is 0 Å². The van der Waals surface area contributed by atoms with Gasteiger partial charge < -0.3 is 20.1 Å². The molecule has 1 aliphatic heterocycles. The highest BCUT2D eigenvalue weighted by atomic mass is 19.1. The Balaban J connectivity index is 1.25. The van der Waals surface area contributed by atoms with Crippen molar-refractivity contribution in [3.05, 3.63) is 77.5 Å². The Morgan fingerprint density at radius 3 is 2.59 bits per heavy atom. The van der Waals surface area contributed by atoms with E-state index in [4.69, 9.17) is 9.47 Å². The van der Waals surface area contributed by atoms with Crippen LogP contribution in [-0.2, 0) is 13.0 Å². The van der Waals surface area contributed by atoms with Crippen molar-refractivity contribution in [3.63, 3.8) is 0 Å². The van der Waals surface area contributed by atoms with Crippen LogP contribution in [0.5, 0.6) is 11.5 Å². The number of anilines is 1. The molecule has 0 unspecified atom stereocenters. The maximum Gasteiger partial charge on any atom is 0.271 e. The van der Waals surface area contributed by atoms with Gasteiger partial charge in [0.25, 0.3) is 5.91 Å². The van der Waals surface area contributed by atoms with Crippen molar-refractivity contribution in [1.29, 1.82) is 0 Å². The second kappa shape index (κ2) is 8.55. The van der Waals surface area contributed by atoms with Crippen LogP contribution in [0.2, 0.25) is 0 Å². The molecule has 0 spiro atoms. The maximum atomic E-state index is 12.9. The van der Waals surface area contributed by atoms with Crippen LogP contribution < -0.4 is 20.1 Å². The van der Waals surface area contributed by atoms with Crippen LogP contribution in [0.25, 0.3) is 0 Å². The normalized spacial score (nSPS) is 11.9. The Labute approximate surface area is 166 Å². The van der Waals surface area contributed by atoms with Crippen molar-refractivity contribution in [2.75, 3.05) is 18.7 Å². The van der Waals surface area contributed by atoms with E-state index in [1.165, 1.54) is 24.5 Å². The fraction of sp³-hybridized carbons (Fsp3) is 0.190. The van der Waals surface area contributed by atoms with Crippen LogP contribution >= 0.6 is 0 Å². The van der Waals surface area contributed by atoms with E-state index in [1.807, 2.05) is 18.2 Å². The topological polar surface area (TPSA) is 85.4 Å². The number of nitrogens with zero attached hydrogens (tertiary/aromatic N) is 2. The Morgan fingerprint density at radius 1 is 1.00 bits per heavy atom. The predicted molar refractivity (Wildman–Crippen MR) is 104 cm³/mol. The SMILES string of the molecule is O=C(NCc1ccc2c(c1)OCO2)c1cnc(NCCc2ccc(F)cc2)cn1. The lowest BCUT2D eigenvalue weighted by Gasteiger charge is -2.08. The highest BCUT2D eigenvalue weighted by molar-refractivity contribution is 5.91. The fourth-order valence-corrected chi connectivity index (χ4v) is 2.85. The number of halogens is 1. The number of nitrogens with one attached hydrogen (secondary N) is 2. The van der Waals surface area contributed by atoms with Gasteiger partial charge in [-0.3, -0.25) is 4.79 Å². The van der Waals surface area contributed by atoms with Gasteiger partial charge in [0.15, 0.2) is 11.5 Å². The van der Waals surface area contributed by atoms with Gasteiger partial charge in [-0.25, -0.2) is 14.4 Å². The lowest BCUT2D eigenvalue weighted by molar-refractivity contribution is 0.0945. The molecule has 1 aromatic heterocycles. The number of fused-ring (bicyclic) bond motifs is 1. The van der Waals surface area contributed by atoms with Gasteiger partial charge in [0.2, 0.25) is 6.79 Å². The van der Waals surface area contributed by atoms with Crippen LogP contribution in [0, 0.1) is 5.82 Å². The highest BCUT2D eigenvalue weighted by Crippen LogP contribution is 2.32. The predicted octanol–water partition coefficient (Wildman–Crippen LogP) is 2.93. The lowest BCUT2D eigenvalue weighted by Crippen LogP contribution is -2.24. The molecule has 7 nitrogen and oxygen atoms in total. The first-order valence-corrected chi connectivity index (χ1v) is 9.14. The van der Waals surface area contributed by atoms with Crippen molar-refractivity contribution in [2.45, 2.75) is 13.0 Å². The molecular weight excluding hydrogens is 375 g/mol. The van der Waals surface area contributed by atoms with Gasteiger partial charge in [-0.2, -0.15) is 0 Å². The molecule has 1 aliphatic rings. The Hall–Kier alpha value is -3.68. The van der Waals surface area contributed by atoms with E-state index < -0.39 is 0 Å². The molecule has 148 valence electrons. The summed E-state index contributed by atoms with van der Waals surface area (Å²) < 4.78 is 23.5. The number of hydrogen-bond acceptors (Lipinski definition) is 6. The second-order valence-electron chi connectivity index (χ2n) is 6.46. The standard InChI is InChI=1S/C21H19FN4O3/c22-16-4-1-14(2-5-16)7-8-23-20-12-24-17(11-25-20)21(27)26-10-15-3-6-18-19(9-15)29-13-28-18/h1-6,9,11-12H,7-8,10,13H2,(H,23,25)(H,26,27). The maximum absolute atomic E-state index is 12.9. The summed E-state index contributed by atoms with van der Waals surface area (Å²) in [7, 11) is 0. The molecule has 1 amide bonds. The van der Waals surface area contributed by atoms with E-state index in [0.717, 1.165) is 17.5 Å². The number of rotatable bonds is 7. The van der Waals surface area contributed by atoms with Crippen molar-refractivity contribution in [3.8, 4) is 11.5 Å².